The van der Waals surface area contributed by atoms with Crippen LogP contribution in [0.4, 0.5) is 0 Å². The standard InChI is InChI=1S/C10H16O5/c1-2-14-10(12)5-8(11)6-15-9-3-4-13-7-9/h9H,2-7H2,1H3. The van der Waals surface area contributed by atoms with Gasteiger partial charge in [0, 0.05) is 6.61 Å². The van der Waals surface area contributed by atoms with Gasteiger partial charge in [-0.3, -0.25) is 9.59 Å². The zero-order chi connectivity index (χ0) is 11.1. The Kier molecular flexibility index (Phi) is 5.28. The summed E-state index contributed by atoms with van der Waals surface area (Å²) < 4.78 is 15.0. The molecule has 1 unspecified atom stereocenters. The molecule has 1 saturated heterocycles. The maximum Gasteiger partial charge on any atom is 0.313 e. The summed E-state index contributed by atoms with van der Waals surface area (Å²) in [5, 5.41) is 0. The average molecular weight is 216 g/mol. The van der Waals surface area contributed by atoms with E-state index in [-0.39, 0.29) is 24.9 Å². The van der Waals surface area contributed by atoms with Crippen LogP contribution in [0, 0.1) is 0 Å². The first-order valence-corrected chi connectivity index (χ1v) is 5.09. The summed E-state index contributed by atoms with van der Waals surface area (Å²) in [6.45, 7) is 3.18. The normalized spacial score (nSPS) is 20.2. The first-order valence-electron chi connectivity index (χ1n) is 5.09. The molecule has 0 aromatic heterocycles. The van der Waals surface area contributed by atoms with E-state index in [2.05, 4.69) is 4.74 Å². The van der Waals surface area contributed by atoms with Gasteiger partial charge in [-0.05, 0) is 13.3 Å². The van der Waals surface area contributed by atoms with Crippen molar-refractivity contribution in [2.45, 2.75) is 25.9 Å². The lowest BCUT2D eigenvalue weighted by molar-refractivity contribution is -0.146. The van der Waals surface area contributed by atoms with Gasteiger partial charge in [-0.2, -0.15) is 0 Å². The van der Waals surface area contributed by atoms with Gasteiger partial charge in [-0.1, -0.05) is 0 Å². The Morgan fingerprint density at radius 1 is 1.47 bits per heavy atom. The zero-order valence-corrected chi connectivity index (χ0v) is 8.86. The Morgan fingerprint density at radius 3 is 2.87 bits per heavy atom. The van der Waals surface area contributed by atoms with Crippen molar-refractivity contribution >= 4 is 11.8 Å². The van der Waals surface area contributed by atoms with E-state index in [9.17, 15) is 9.59 Å². The van der Waals surface area contributed by atoms with Crippen molar-refractivity contribution in [1.29, 1.82) is 0 Å². The number of ketones is 1. The van der Waals surface area contributed by atoms with Crippen molar-refractivity contribution in [3.63, 3.8) is 0 Å². The number of carbonyl (C=O) groups is 2. The number of ether oxygens (including phenoxy) is 3. The number of rotatable bonds is 6. The number of carbonyl (C=O) groups excluding carboxylic acids is 2. The first-order chi connectivity index (χ1) is 7.22. The summed E-state index contributed by atoms with van der Waals surface area (Å²) in [5.74, 6) is -0.742. The molecule has 0 aromatic rings. The molecule has 1 fully saturated rings. The average Bonchev–Trinajstić information content (AvgIpc) is 2.67. The van der Waals surface area contributed by atoms with Crippen LogP contribution in [-0.2, 0) is 23.8 Å². The summed E-state index contributed by atoms with van der Waals surface area (Å²) in [5.41, 5.74) is 0. The molecule has 1 atom stereocenters. The lowest BCUT2D eigenvalue weighted by Crippen LogP contribution is -2.21. The predicted molar refractivity (Wildman–Crippen MR) is 51.4 cm³/mol. The summed E-state index contributed by atoms with van der Waals surface area (Å²) in [6, 6.07) is 0. The zero-order valence-electron chi connectivity index (χ0n) is 8.86. The fourth-order valence-electron chi connectivity index (χ4n) is 1.28. The smallest absolute Gasteiger partial charge is 0.313 e. The monoisotopic (exact) mass is 216 g/mol. The van der Waals surface area contributed by atoms with Crippen molar-refractivity contribution in [2.75, 3.05) is 26.4 Å². The van der Waals surface area contributed by atoms with Crippen LogP contribution in [0.2, 0.25) is 0 Å². The largest absolute Gasteiger partial charge is 0.466 e. The van der Waals surface area contributed by atoms with Crippen LogP contribution in [0.25, 0.3) is 0 Å². The Bertz CT molecular complexity index is 220. The number of esters is 1. The number of Topliss-reactive ketones (excluding diaryl/α,β-unsaturated/α-hetero) is 1. The topological polar surface area (TPSA) is 61.8 Å². The van der Waals surface area contributed by atoms with Gasteiger partial charge in [0.25, 0.3) is 0 Å². The molecule has 0 spiro atoms. The molecule has 5 nitrogen and oxygen atoms in total. The van der Waals surface area contributed by atoms with E-state index >= 15 is 0 Å². The van der Waals surface area contributed by atoms with Crippen molar-refractivity contribution in [1.82, 2.24) is 0 Å². The third-order valence-corrected chi connectivity index (χ3v) is 2.01. The predicted octanol–water partition coefficient (Wildman–Crippen LogP) is 0.314. The summed E-state index contributed by atoms with van der Waals surface area (Å²) in [4.78, 5) is 22.1. The second kappa shape index (κ2) is 6.53. The highest BCUT2D eigenvalue weighted by Crippen LogP contribution is 2.07. The lowest BCUT2D eigenvalue weighted by Gasteiger charge is -2.08. The second-order valence-electron chi connectivity index (χ2n) is 3.32. The maximum absolute atomic E-state index is 11.2. The van der Waals surface area contributed by atoms with Crippen molar-refractivity contribution < 1.29 is 23.8 Å². The third-order valence-electron chi connectivity index (χ3n) is 2.01. The molecule has 1 aliphatic rings. The Morgan fingerprint density at radius 2 is 2.27 bits per heavy atom. The Hall–Kier alpha value is -0.940. The van der Waals surface area contributed by atoms with Crippen LogP contribution >= 0.6 is 0 Å². The molecule has 1 aliphatic heterocycles. The highest BCUT2D eigenvalue weighted by atomic mass is 16.5. The van der Waals surface area contributed by atoms with E-state index in [1.165, 1.54) is 0 Å². The van der Waals surface area contributed by atoms with Crippen LogP contribution < -0.4 is 0 Å². The summed E-state index contributed by atoms with van der Waals surface area (Å²) in [7, 11) is 0. The molecule has 0 aliphatic carbocycles. The Labute approximate surface area is 88.7 Å². The second-order valence-corrected chi connectivity index (χ2v) is 3.32. The molecule has 86 valence electrons. The lowest BCUT2D eigenvalue weighted by atomic mass is 10.3. The van der Waals surface area contributed by atoms with Gasteiger partial charge >= 0.3 is 5.97 Å². The molecular weight excluding hydrogens is 200 g/mol. The molecule has 0 aromatic carbocycles. The van der Waals surface area contributed by atoms with Gasteiger partial charge in [0.2, 0.25) is 0 Å². The van der Waals surface area contributed by atoms with Crippen LogP contribution in [0.15, 0.2) is 0 Å². The van der Waals surface area contributed by atoms with Crippen LogP contribution in [0.1, 0.15) is 19.8 Å². The van der Waals surface area contributed by atoms with E-state index in [0.29, 0.717) is 19.8 Å². The van der Waals surface area contributed by atoms with Crippen LogP contribution in [0.5, 0.6) is 0 Å². The quantitative estimate of drug-likeness (QED) is 0.472. The molecule has 5 heteroatoms. The van der Waals surface area contributed by atoms with E-state index < -0.39 is 5.97 Å². The fourth-order valence-corrected chi connectivity index (χ4v) is 1.28. The van der Waals surface area contributed by atoms with Gasteiger partial charge in [0.15, 0.2) is 5.78 Å². The third kappa shape index (κ3) is 4.90. The fraction of sp³-hybridized carbons (Fsp3) is 0.800. The van der Waals surface area contributed by atoms with Gasteiger partial charge in [-0.15, -0.1) is 0 Å². The molecular formula is C10H16O5. The molecule has 1 rings (SSSR count). The minimum Gasteiger partial charge on any atom is -0.466 e. The van der Waals surface area contributed by atoms with Gasteiger partial charge in [0.1, 0.15) is 13.0 Å². The van der Waals surface area contributed by atoms with Crippen LogP contribution in [0.3, 0.4) is 0 Å². The molecule has 15 heavy (non-hydrogen) atoms. The molecule has 0 bridgehead atoms. The minimum atomic E-state index is -0.492. The molecule has 0 amide bonds. The number of hydrogen-bond donors (Lipinski definition) is 0. The highest BCUT2D eigenvalue weighted by Gasteiger charge is 2.18. The van der Waals surface area contributed by atoms with E-state index in [1.807, 2.05) is 0 Å². The van der Waals surface area contributed by atoms with E-state index in [4.69, 9.17) is 9.47 Å². The number of hydrogen-bond acceptors (Lipinski definition) is 5. The molecule has 0 radical (unpaired) electrons. The molecule has 0 N–H and O–H groups in total. The SMILES string of the molecule is CCOC(=O)CC(=O)COC1CCOC1. The summed E-state index contributed by atoms with van der Waals surface area (Å²) in [6.07, 6.45) is 0.602. The van der Waals surface area contributed by atoms with Crippen molar-refractivity contribution in [3.05, 3.63) is 0 Å². The molecule has 1 heterocycles. The first kappa shape index (κ1) is 12.1. The highest BCUT2D eigenvalue weighted by molar-refractivity contribution is 5.96. The van der Waals surface area contributed by atoms with Gasteiger partial charge in [-0.25, -0.2) is 0 Å². The van der Waals surface area contributed by atoms with Crippen molar-refractivity contribution in [3.8, 4) is 0 Å². The minimum absolute atomic E-state index is 0.00357. The van der Waals surface area contributed by atoms with E-state index in [1.54, 1.807) is 6.92 Å². The summed E-state index contributed by atoms with van der Waals surface area (Å²) >= 11 is 0. The van der Waals surface area contributed by atoms with Gasteiger partial charge < -0.3 is 14.2 Å². The van der Waals surface area contributed by atoms with Crippen LogP contribution in [-0.4, -0.2) is 44.3 Å². The van der Waals surface area contributed by atoms with E-state index in [0.717, 1.165) is 6.42 Å². The maximum atomic E-state index is 11.2. The molecule has 0 saturated carbocycles. The van der Waals surface area contributed by atoms with Crippen molar-refractivity contribution in [2.24, 2.45) is 0 Å². The Balaban J connectivity index is 2.09. The van der Waals surface area contributed by atoms with Gasteiger partial charge in [0.05, 0.1) is 19.3 Å².